The summed E-state index contributed by atoms with van der Waals surface area (Å²) in [6.45, 7) is 0. The van der Waals surface area contributed by atoms with Gasteiger partial charge in [0.25, 0.3) is 0 Å². The van der Waals surface area contributed by atoms with Crippen LogP contribution in [0.15, 0.2) is 61.1 Å². The van der Waals surface area contributed by atoms with Crippen molar-refractivity contribution in [3.63, 3.8) is 0 Å². The summed E-state index contributed by atoms with van der Waals surface area (Å²) in [5.41, 5.74) is 9.29. The summed E-state index contributed by atoms with van der Waals surface area (Å²) < 4.78 is 1.48. The third kappa shape index (κ3) is 2.08. The van der Waals surface area contributed by atoms with E-state index in [1.807, 2.05) is 48.5 Å². The number of hydrogen-bond acceptors (Lipinski definition) is 3. The van der Waals surface area contributed by atoms with Crippen LogP contribution in [0.4, 0.5) is 4.79 Å². The summed E-state index contributed by atoms with van der Waals surface area (Å²) in [5, 5.41) is 0.840. The van der Waals surface area contributed by atoms with Crippen LogP contribution in [0.3, 0.4) is 0 Å². The van der Waals surface area contributed by atoms with Gasteiger partial charge >= 0.3 is 6.03 Å². The fourth-order valence-corrected chi connectivity index (χ4v) is 2.77. The molecule has 1 aromatic carbocycles. The Balaban J connectivity index is 1.99. The molecule has 6 heteroatoms. The highest BCUT2D eigenvalue weighted by Gasteiger charge is 2.18. The molecule has 0 radical (unpaired) electrons. The van der Waals surface area contributed by atoms with Crippen molar-refractivity contribution in [2.45, 2.75) is 0 Å². The van der Waals surface area contributed by atoms with Gasteiger partial charge in [0.2, 0.25) is 0 Å². The molecule has 3 aromatic heterocycles. The van der Waals surface area contributed by atoms with E-state index in [9.17, 15) is 4.79 Å². The van der Waals surface area contributed by atoms with Gasteiger partial charge in [0.1, 0.15) is 17.7 Å². The quantitative estimate of drug-likeness (QED) is 0.596. The minimum atomic E-state index is -0.550. The largest absolute Gasteiger partial charge is 0.351 e. The summed E-state index contributed by atoms with van der Waals surface area (Å²) >= 11 is 0. The van der Waals surface area contributed by atoms with Crippen LogP contribution in [0.2, 0.25) is 0 Å². The first kappa shape index (κ1) is 13.3. The second kappa shape index (κ2) is 5.10. The first-order valence-corrected chi connectivity index (χ1v) is 7.11. The van der Waals surface area contributed by atoms with Crippen LogP contribution >= 0.6 is 0 Å². The molecule has 0 saturated carbocycles. The Morgan fingerprint density at radius 2 is 1.78 bits per heavy atom. The number of aromatic amines is 1. The van der Waals surface area contributed by atoms with Crippen LogP contribution in [0.5, 0.6) is 0 Å². The number of fused-ring (bicyclic) bond motifs is 1. The minimum Gasteiger partial charge on any atom is -0.351 e. The lowest BCUT2D eigenvalue weighted by atomic mass is 10.1. The summed E-state index contributed by atoms with van der Waals surface area (Å²) in [5.74, 6) is 0. The van der Waals surface area contributed by atoms with Gasteiger partial charge in [-0.15, -0.1) is 0 Å². The van der Waals surface area contributed by atoms with Gasteiger partial charge in [0, 0.05) is 11.6 Å². The maximum atomic E-state index is 12.1. The van der Waals surface area contributed by atoms with Gasteiger partial charge in [0.05, 0.1) is 11.4 Å². The van der Waals surface area contributed by atoms with Gasteiger partial charge in [0.15, 0.2) is 0 Å². The maximum Gasteiger partial charge on any atom is 0.323 e. The van der Waals surface area contributed by atoms with E-state index in [2.05, 4.69) is 15.0 Å². The van der Waals surface area contributed by atoms with Crippen molar-refractivity contribution in [3.8, 4) is 22.6 Å². The molecule has 3 heterocycles. The van der Waals surface area contributed by atoms with E-state index in [1.54, 1.807) is 6.20 Å². The zero-order valence-electron chi connectivity index (χ0n) is 12.1. The SMILES string of the molecule is NC(=O)n1c(-c2ccccc2)ccc1-c1ncnc2[nH]ccc12. The number of amides is 1. The number of hydrogen-bond donors (Lipinski definition) is 2. The molecule has 0 unspecified atom stereocenters. The van der Waals surface area contributed by atoms with Gasteiger partial charge < -0.3 is 10.7 Å². The average molecular weight is 303 g/mol. The van der Waals surface area contributed by atoms with Crippen molar-refractivity contribution in [2.24, 2.45) is 5.73 Å². The molecule has 0 aliphatic carbocycles. The molecule has 0 fully saturated rings. The number of nitrogens with two attached hydrogens (primary N) is 1. The van der Waals surface area contributed by atoms with Crippen LogP contribution in [-0.2, 0) is 0 Å². The lowest BCUT2D eigenvalue weighted by Gasteiger charge is -2.09. The molecule has 4 aromatic rings. The van der Waals surface area contributed by atoms with E-state index in [0.717, 1.165) is 16.6 Å². The Kier molecular flexibility index (Phi) is 2.94. The second-order valence-corrected chi connectivity index (χ2v) is 5.11. The lowest BCUT2D eigenvalue weighted by molar-refractivity contribution is 0.251. The molecule has 0 bridgehead atoms. The lowest BCUT2D eigenvalue weighted by Crippen LogP contribution is -2.21. The molecule has 4 rings (SSSR count). The van der Waals surface area contributed by atoms with Crippen LogP contribution < -0.4 is 5.73 Å². The molecular formula is C17H13N5O. The monoisotopic (exact) mass is 303 g/mol. The molecule has 1 amide bonds. The predicted molar refractivity (Wildman–Crippen MR) is 87.7 cm³/mol. The standard InChI is InChI=1S/C17H13N5O/c18-17(23)22-13(11-4-2-1-3-5-11)6-7-14(22)15-12-8-9-19-16(12)21-10-20-15/h1-10H,(H2,18,23)(H,19,20,21). The van der Waals surface area contributed by atoms with Crippen LogP contribution in [0.25, 0.3) is 33.7 Å². The first-order chi connectivity index (χ1) is 11.3. The molecular weight excluding hydrogens is 290 g/mol. The van der Waals surface area contributed by atoms with Gasteiger partial charge in [-0.2, -0.15) is 0 Å². The smallest absolute Gasteiger partial charge is 0.323 e. The summed E-state index contributed by atoms with van der Waals surface area (Å²) in [6, 6.07) is 14.7. The highest BCUT2D eigenvalue weighted by Crippen LogP contribution is 2.30. The van der Waals surface area contributed by atoms with Gasteiger partial charge in [-0.1, -0.05) is 30.3 Å². The van der Waals surface area contributed by atoms with E-state index in [1.165, 1.54) is 10.9 Å². The van der Waals surface area contributed by atoms with Crippen molar-refractivity contribution < 1.29 is 4.79 Å². The molecule has 0 aliphatic heterocycles. The highest BCUT2D eigenvalue weighted by atomic mass is 16.2. The third-order valence-corrected chi connectivity index (χ3v) is 3.77. The van der Waals surface area contributed by atoms with E-state index >= 15 is 0 Å². The minimum absolute atomic E-state index is 0.550. The summed E-state index contributed by atoms with van der Waals surface area (Å²) in [7, 11) is 0. The van der Waals surface area contributed by atoms with Gasteiger partial charge in [-0.3, -0.25) is 4.57 Å². The number of H-pyrrole nitrogens is 1. The Labute approximate surface area is 131 Å². The molecule has 0 spiro atoms. The van der Waals surface area contributed by atoms with Crippen molar-refractivity contribution in [1.29, 1.82) is 0 Å². The van der Waals surface area contributed by atoms with Crippen molar-refractivity contribution in [2.75, 3.05) is 0 Å². The Bertz CT molecular complexity index is 1000. The number of nitrogens with one attached hydrogen (secondary N) is 1. The molecule has 3 N–H and O–H groups in total. The maximum absolute atomic E-state index is 12.1. The van der Waals surface area contributed by atoms with Crippen molar-refractivity contribution in [1.82, 2.24) is 19.5 Å². The number of aromatic nitrogens is 4. The zero-order chi connectivity index (χ0) is 15.8. The Morgan fingerprint density at radius 1 is 1.00 bits per heavy atom. The van der Waals surface area contributed by atoms with E-state index in [-0.39, 0.29) is 0 Å². The fraction of sp³-hybridized carbons (Fsp3) is 0. The molecule has 0 aliphatic rings. The van der Waals surface area contributed by atoms with Gasteiger partial charge in [-0.05, 0) is 23.8 Å². The zero-order valence-corrected chi connectivity index (χ0v) is 12.1. The van der Waals surface area contributed by atoms with Crippen LogP contribution in [-0.4, -0.2) is 25.6 Å². The van der Waals surface area contributed by atoms with Crippen LogP contribution in [0, 0.1) is 0 Å². The summed E-state index contributed by atoms with van der Waals surface area (Å²) in [4.78, 5) is 23.6. The number of primary amides is 1. The van der Waals surface area contributed by atoms with E-state index in [4.69, 9.17) is 5.73 Å². The van der Waals surface area contributed by atoms with E-state index in [0.29, 0.717) is 17.0 Å². The highest BCUT2D eigenvalue weighted by molar-refractivity contribution is 5.94. The van der Waals surface area contributed by atoms with Crippen molar-refractivity contribution >= 4 is 17.1 Å². The topological polar surface area (TPSA) is 89.6 Å². The number of rotatable bonds is 2. The molecule has 0 saturated heterocycles. The Hall–Kier alpha value is -3.41. The first-order valence-electron chi connectivity index (χ1n) is 7.11. The number of carbonyl (C=O) groups excluding carboxylic acids is 1. The van der Waals surface area contributed by atoms with E-state index < -0.39 is 6.03 Å². The summed E-state index contributed by atoms with van der Waals surface area (Å²) in [6.07, 6.45) is 3.26. The van der Waals surface area contributed by atoms with Crippen molar-refractivity contribution in [3.05, 3.63) is 61.1 Å². The number of carbonyl (C=O) groups is 1. The number of nitrogens with zero attached hydrogens (tertiary/aromatic N) is 3. The Morgan fingerprint density at radius 3 is 2.57 bits per heavy atom. The molecule has 112 valence electrons. The fourth-order valence-electron chi connectivity index (χ4n) is 2.77. The van der Waals surface area contributed by atoms with Crippen LogP contribution in [0.1, 0.15) is 0 Å². The second-order valence-electron chi connectivity index (χ2n) is 5.11. The predicted octanol–water partition coefficient (Wildman–Crippen LogP) is 3.02. The number of benzene rings is 1. The molecule has 23 heavy (non-hydrogen) atoms. The third-order valence-electron chi connectivity index (χ3n) is 3.77. The normalized spacial score (nSPS) is 11.0. The van der Waals surface area contributed by atoms with Gasteiger partial charge in [-0.25, -0.2) is 14.8 Å². The molecule has 6 nitrogen and oxygen atoms in total. The average Bonchev–Trinajstić information content (AvgIpc) is 3.22. The molecule has 0 atom stereocenters.